The fourth-order valence-electron chi connectivity index (χ4n) is 2.00. The maximum absolute atomic E-state index is 12.1. The molecule has 7 heteroatoms. The molecule has 2 rings (SSSR count). The highest BCUT2D eigenvalue weighted by atomic mass is 79.9. The number of anilines is 1. The first-order valence-electron chi connectivity index (χ1n) is 6.76. The summed E-state index contributed by atoms with van der Waals surface area (Å²) in [5.41, 5.74) is 2.12. The highest BCUT2D eigenvalue weighted by Gasteiger charge is 2.17. The van der Waals surface area contributed by atoms with E-state index in [0.29, 0.717) is 16.3 Å². The van der Waals surface area contributed by atoms with Gasteiger partial charge in [0, 0.05) is 15.2 Å². The minimum Gasteiger partial charge on any atom is -0.325 e. The van der Waals surface area contributed by atoms with E-state index in [1.54, 1.807) is 42.5 Å². The third-order valence-electron chi connectivity index (χ3n) is 3.09. The highest BCUT2D eigenvalue weighted by Crippen LogP contribution is 2.20. The van der Waals surface area contributed by atoms with Gasteiger partial charge in [0.15, 0.2) is 9.84 Å². The summed E-state index contributed by atoms with van der Waals surface area (Å²) < 4.78 is 25.1. The number of nitrogens with one attached hydrogen (secondary N) is 1. The lowest BCUT2D eigenvalue weighted by atomic mass is 10.2. The van der Waals surface area contributed by atoms with Gasteiger partial charge in [0.25, 0.3) is 0 Å². The first-order chi connectivity index (χ1) is 10.7. The van der Waals surface area contributed by atoms with Gasteiger partial charge in [0.05, 0.1) is 5.75 Å². The van der Waals surface area contributed by atoms with Crippen LogP contribution in [0.5, 0.6) is 0 Å². The van der Waals surface area contributed by atoms with E-state index in [1.165, 1.54) is 0 Å². The summed E-state index contributed by atoms with van der Waals surface area (Å²) in [6.45, 7) is 1.89. The molecular weight excluding hydrogens is 402 g/mol. The van der Waals surface area contributed by atoms with Gasteiger partial charge in [0.1, 0.15) is 5.75 Å². The van der Waals surface area contributed by atoms with Crippen molar-refractivity contribution < 1.29 is 13.2 Å². The Balaban J connectivity index is 2.00. The van der Waals surface area contributed by atoms with Crippen LogP contribution in [0.3, 0.4) is 0 Å². The van der Waals surface area contributed by atoms with Crippen molar-refractivity contribution in [3.05, 3.63) is 63.1 Å². The molecule has 0 fully saturated rings. The van der Waals surface area contributed by atoms with Crippen molar-refractivity contribution in [1.29, 1.82) is 0 Å². The lowest BCUT2D eigenvalue weighted by Gasteiger charge is -2.08. The van der Waals surface area contributed by atoms with E-state index in [1.807, 2.05) is 6.92 Å². The molecule has 0 aliphatic heterocycles. The van der Waals surface area contributed by atoms with E-state index in [9.17, 15) is 13.2 Å². The van der Waals surface area contributed by atoms with Gasteiger partial charge in [-0.15, -0.1) is 0 Å². The lowest BCUT2D eigenvalue weighted by molar-refractivity contribution is -0.113. The van der Waals surface area contributed by atoms with E-state index < -0.39 is 21.5 Å². The van der Waals surface area contributed by atoms with Crippen LogP contribution in [0.1, 0.15) is 11.1 Å². The molecule has 122 valence electrons. The summed E-state index contributed by atoms with van der Waals surface area (Å²) in [7, 11) is -3.55. The van der Waals surface area contributed by atoms with Gasteiger partial charge < -0.3 is 5.32 Å². The topological polar surface area (TPSA) is 63.2 Å². The van der Waals surface area contributed by atoms with Crippen LogP contribution in [-0.4, -0.2) is 20.1 Å². The summed E-state index contributed by atoms with van der Waals surface area (Å²) in [4.78, 5) is 11.9. The fraction of sp³-hybridized carbons (Fsp3) is 0.188. The molecule has 0 aliphatic carbocycles. The molecule has 4 nitrogen and oxygen atoms in total. The molecule has 2 aromatic carbocycles. The first-order valence-corrected chi connectivity index (χ1v) is 9.75. The molecule has 0 spiro atoms. The number of hydrogen-bond donors (Lipinski definition) is 1. The van der Waals surface area contributed by atoms with Crippen molar-refractivity contribution in [2.24, 2.45) is 0 Å². The maximum Gasteiger partial charge on any atom is 0.239 e. The maximum atomic E-state index is 12.1. The van der Waals surface area contributed by atoms with Gasteiger partial charge >= 0.3 is 0 Å². The van der Waals surface area contributed by atoms with Crippen molar-refractivity contribution >= 4 is 49.0 Å². The highest BCUT2D eigenvalue weighted by molar-refractivity contribution is 9.10. The quantitative estimate of drug-likeness (QED) is 0.802. The average molecular weight is 417 g/mol. The first kappa shape index (κ1) is 18.0. The molecule has 0 saturated carbocycles. The van der Waals surface area contributed by atoms with E-state index in [-0.39, 0.29) is 5.75 Å². The number of halogens is 2. The van der Waals surface area contributed by atoms with Crippen molar-refractivity contribution in [1.82, 2.24) is 0 Å². The number of amides is 1. The second-order valence-electron chi connectivity index (χ2n) is 5.17. The number of sulfone groups is 1. The smallest absolute Gasteiger partial charge is 0.239 e. The average Bonchev–Trinajstić information content (AvgIpc) is 2.44. The summed E-state index contributed by atoms with van der Waals surface area (Å²) in [6, 6.07) is 11.8. The zero-order valence-corrected chi connectivity index (χ0v) is 15.5. The van der Waals surface area contributed by atoms with Gasteiger partial charge in [-0.25, -0.2) is 8.42 Å². The van der Waals surface area contributed by atoms with Gasteiger partial charge in [-0.1, -0.05) is 39.7 Å². The van der Waals surface area contributed by atoms with Crippen LogP contribution in [0.15, 0.2) is 46.9 Å². The summed E-state index contributed by atoms with van der Waals surface area (Å²) in [6.07, 6.45) is 0. The minimum atomic E-state index is -3.55. The summed E-state index contributed by atoms with van der Waals surface area (Å²) >= 11 is 9.13. The van der Waals surface area contributed by atoms with Gasteiger partial charge in [-0.2, -0.15) is 0 Å². The Hall–Kier alpha value is -1.37. The lowest BCUT2D eigenvalue weighted by Crippen LogP contribution is -2.24. The predicted octanol–water partition coefficient (Wildman–Crippen LogP) is 3.96. The molecule has 0 atom stereocenters. The summed E-state index contributed by atoms with van der Waals surface area (Å²) in [5.74, 6) is -1.32. The number of carbonyl (C=O) groups excluding carboxylic acids is 1. The molecule has 0 saturated heterocycles. The van der Waals surface area contributed by atoms with Crippen LogP contribution in [-0.2, 0) is 20.4 Å². The Bertz CT molecular complexity index is 820. The molecule has 0 unspecified atom stereocenters. The van der Waals surface area contributed by atoms with Crippen LogP contribution in [0.2, 0.25) is 5.02 Å². The molecule has 0 bridgehead atoms. The van der Waals surface area contributed by atoms with Crippen molar-refractivity contribution in [2.45, 2.75) is 12.7 Å². The summed E-state index contributed by atoms with van der Waals surface area (Å²) in [5, 5.41) is 3.14. The molecular formula is C16H15BrClNO3S. The van der Waals surface area contributed by atoms with Gasteiger partial charge in [0.2, 0.25) is 5.91 Å². The van der Waals surface area contributed by atoms with Crippen molar-refractivity contribution in [3.63, 3.8) is 0 Å². The van der Waals surface area contributed by atoms with Gasteiger partial charge in [-0.05, 0) is 48.4 Å². The number of benzene rings is 2. The zero-order valence-electron chi connectivity index (χ0n) is 12.3. The predicted molar refractivity (Wildman–Crippen MR) is 96.5 cm³/mol. The van der Waals surface area contributed by atoms with Crippen LogP contribution in [0, 0.1) is 6.92 Å². The van der Waals surface area contributed by atoms with Crippen LogP contribution >= 0.6 is 27.5 Å². The molecule has 0 heterocycles. The van der Waals surface area contributed by atoms with Gasteiger partial charge in [-0.3, -0.25) is 4.79 Å². The number of aryl methyl sites for hydroxylation is 1. The second-order valence-corrected chi connectivity index (χ2v) is 8.53. The molecule has 1 N–H and O–H groups in total. The molecule has 2 aromatic rings. The number of rotatable bonds is 5. The van der Waals surface area contributed by atoms with Crippen LogP contribution in [0.4, 0.5) is 5.69 Å². The molecule has 0 aliphatic rings. The van der Waals surface area contributed by atoms with E-state index in [0.717, 1.165) is 10.0 Å². The Morgan fingerprint density at radius 3 is 2.43 bits per heavy atom. The molecule has 0 radical (unpaired) electrons. The van der Waals surface area contributed by atoms with E-state index in [2.05, 4.69) is 21.2 Å². The Labute approximate surface area is 148 Å². The third-order valence-corrected chi connectivity index (χ3v) is 5.71. The van der Waals surface area contributed by atoms with Crippen LogP contribution in [0.25, 0.3) is 0 Å². The zero-order chi connectivity index (χ0) is 17.0. The number of carbonyl (C=O) groups is 1. The fourth-order valence-corrected chi connectivity index (χ4v) is 3.65. The molecule has 1 amide bonds. The normalized spacial score (nSPS) is 11.3. The van der Waals surface area contributed by atoms with Crippen LogP contribution < -0.4 is 5.32 Å². The molecule has 0 aromatic heterocycles. The Morgan fingerprint density at radius 2 is 1.83 bits per heavy atom. The Morgan fingerprint density at radius 1 is 1.17 bits per heavy atom. The second kappa shape index (κ2) is 7.47. The number of hydrogen-bond acceptors (Lipinski definition) is 3. The largest absolute Gasteiger partial charge is 0.325 e. The monoisotopic (exact) mass is 415 g/mol. The van der Waals surface area contributed by atoms with E-state index in [4.69, 9.17) is 11.6 Å². The Kier molecular flexibility index (Phi) is 5.84. The molecule has 23 heavy (non-hydrogen) atoms. The third kappa shape index (κ3) is 5.64. The standard InChI is InChI=1S/C16H15BrClNO3S/c1-11-8-14(6-7-15(11)17)19-16(20)10-23(21,22)9-12-2-4-13(18)5-3-12/h2-8H,9-10H2,1H3,(H,19,20). The van der Waals surface area contributed by atoms with E-state index >= 15 is 0 Å². The van der Waals surface area contributed by atoms with Crippen molar-refractivity contribution in [2.75, 3.05) is 11.1 Å². The SMILES string of the molecule is Cc1cc(NC(=O)CS(=O)(=O)Cc2ccc(Cl)cc2)ccc1Br. The minimum absolute atomic E-state index is 0.197. The van der Waals surface area contributed by atoms with Crippen molar-refractivity contribution in [3.8, 4) is 0 Å².